The van der Waals surface area contributed by atoms with Gasteiger partial charge in [0.25, 0.3) is 5.91 Å². The average Bonchev–Trinajstić information content (AvgIpc) is 2.80. The van der Waals surface area contributed by atoms with Gasteiger partial charge in [-0.2, -0.15) is 0 Å². The molecular weight excluding hydrogens is 298 g/mol. The second-order valence-corrected chi connectivity index (χ2v) is 5.34. The topological polar surface area (TPSA) is 55.4 Å². The van der Waals surface area contributed by atoms with Gasteiger partial charge in [-0.15, -0.1) is 17.9 Å². The number of halogens is 1. The number of rotatable bonds is 5. The molecule has 6 heteroatoms. The number of hydrogen-bond acceptors (Lipinski definition) is 4. The van der Waals surface area contributed by atoms with Crippen LogP contribution in [0, 0.1) is 0 Å². The first-order chi connectivity index (χ1) is 9.63. The van der Waals surface area contributed by atoms with Crippen LogP contribution in [0.5, 0.6) is 0 Å². The lowest BCUT2D eigenvalue weighted by Gasteiger charge is -2.03. The molecule has 104 valence electrons. The standard InChI is InChI=1S/C14H12ClNO3S/c1-2-7-16-11(17)8-19-14(18)13-12(15)9-5-3-4-6-10(9)20-13/h2-6H,1,7-8H2,(H,16,17). The van der Waals surface area contributed by atoms with Crippen molar-refractivity contribution in [1.82, 2.24) is 5.32 Å². The molecule has 1 heterocycles. The molecular formula is C14H12ClNO3S. The smallest absolute Gasteiger partial charge is 0.350 e. The van der Waals surface area contributed by atoms with E-state index in [4.69, 9.17) is 16.3 Å². The Morgan fingerprint density at radius 2 is 2.15 bits per heavy atom. The molecule has 0 radical (unpaired) electrons. The summed E-state index contributed by atoms with van der Waals surface area (Å²) >= 11 is 7.39. The number of ether oxygens (including phenoxy) is 1. The van der Waals surface area contributed by atoms with E-state index in [9.17, 15) is 9.59 Å². The van der Waals surface area contributed by atoms with Gasteiger partial charge >= 0.3 is 5.97 Å². The normalized spacial score (nSPS) is 10.2. The Morgan fingerprint density at radius 3 is 2.85 bits per heavy atom. The van der Waals surface area contributed by atoms with Crippen molar-refractivity contribution in [3.63, 3.8) is 0 Å². The third-order valence-corrected chi connectivity index (χ3v) is 4.15. The van der Waals surface area contributed by atoms with Crippen molar-refractivity contribution in [3.8, 4) is 0 Å². The molecule has 0 aliphatic carbocycles. The van der Waals surface area contributed by atoms with Gasteiger partial charge in [0, 0.05) is 16.6 Å². The van der Waals surface area contributed by atoms with E-state index in [0.29, 0.717) is 16.4 Å². The molecule has 0 aliphatic heterocycles. The second kappa shape index (κ2) is 6.54. The molecule has 0 fully saturated rings. The molecule has 1 N–H and O–H groups in total. The van der Waals surface area contributed by atoms with Crippen LogP contribution in [0.3, 0.4) is 0 Å². The largest absolute Gasteiger partial charge is 0.451 e. The zero-order chi connectivity index (χ0) is 14.5. The molecule has 0 saturated heterocycles. The first-order valence-corrected chi connectivity index (χ1v) is 7.04. The van der Waals surface area contributed by atoms with Crippen LogP contribution >= 0.6 is 22.9 Å². The van der Waals surface area contributed by atoms with Crippen molar-refractivity contribution in [2.24, 2.45) is 0 Å². The summed E-state index contributed by atoms with van der Waals surface area (Å²) in [6.07, 6.45) is 1.54. The molecule has 0 spiro atoms. The maximum Gasteiger partial charge on any atom is 0.350 e. The van der Waals surface area contributed by atoms with Crippen LogP contribution in [0.4, 0.5) is 0 Å². The fourth-order valence-electron chi connectivity index (χ4n) is 1.58. The number of carbonyl (C=O) groups is 2. The molecule has 1 amide bonds. The van der Waals surface area contributed by atoms with Gasteiger partial charge in [-0.25, -0.2) is 4.79 Å². The van der Waals surface area contributed by atoms with E-state index < -0.39 is 5.97 Å². The highest BCUT2D eigenvalue weighted by Crippen LogP contribution is 2.35. The van der Waals surface area contributed by atoms with Crippen molar-refractivity contribution in [2.75, 3.05) is 13.2 Å². The molecule has 4 nitrogen and oxygen atoms in total. The highest BCUT2D eigenvalue weighted by Gasteiger charge is 2.18. The fraction of sp³-hybridized carbons (Fsp3) is 0.143. The Bertz CT molecular complexity index is 665. The summed E-state index contributed by atoms with van der Waals surface area (Å²) in [5, 5.41) is 3.69. The molecule has 1 aromatic carbocycles. The van der Waals surface area contributed by atoms with Gasteiger partial charge in [0.1, 0.15) is 4.88 Å². The summed E-state index contributed by atoms with van der Waals surface area (Å²) < 4.78 is 5.84. The third kappa shape index (κ3) is 3.18. The van der Waals surface area contributed by atoms with Gasteiger partial charge in [0.15, 0.2) is 6.61 Å². The zero-order valence-corrected chi connectivity index (χ0v) is 12.1. The van der Waals surface area contributed by atoms with Gasteiger partial charge < -0.3 is 10.1 Å². The highest BCUT2D eigenvalue weighted by molar-refractivity contribution is 7.21. The monoisotopic (exact) mass is 309 g/mol. The summed E-state index contributed by atoms with van der Waals surface area (Å²) in [4.78, 5) is 23.6. The van der Waals surface area contributed by atoms with Crippen molar-refractivity contribution < 1.29 is 14.3 Å². The number of amides is 1. The number of benzene rings is 1. The van der Waals surface area contributed by atoms with E-state index in [1.54, 1.807) is 6.08 Å². The summed E-state index contributed by atoms with van der Waals surface area (Å²) in [5.41, 5.74) is 0. The number of carbonyl (C=O) groups excluding carboxylic acids is 2. The minimum Gasteiger partial charge on any atom is -0.451 e. The van der Waals surface area contributed by atoms with Crippen LogP contribution < -0.4 is 5.32 Å². The van der Waals surface area contributed by atoms with Crippen molar-refractivity contribution in [1.29, 1.82) is 0 Å². The second-order valence-electron chi connectivity index (χ2n) is 3.91. The summed E-state index contributed by atoms with van der Waals surface area (Å²) in [6, 6.07) is 7.42. The number of esters is 1. The van der Waals surface area contributed by atoms with E-state index in [-0.39, 0.29) is 12.5 Å². The minimum absolute atomic E-state index is 0.310. The van der Waals surface area contributed by atoms with Gasteiger partial charge in [0.2, 0.25) is 0 Å². The van der Waals surface area contributed by atoms with Crippen molar-refractivity contribution >= 4 is 44.9 Å². The van der Waals surface area contributed by atoms with E-state index >= 15 is 0 Å². The highest BCUT2D eigenvalue weighted by atomic mass is 35.5. The number of thiophene rings is 1. The molecule has 0 aliphatic rings. The van der Waals surface area contributed by atoms with Crippen LogP contribution in [0.1, 0.15) is 9.67 Å². The first-order valence-electron chi connectivity index (χ1n) is 5.85. The van der Waals surface area contributed by atoms with Gasteiger partial charge in [-0.1, -0.05) is 35.9 Å². The Hall–Kier alpha value is -1.85. The first kappa shape index (κ1) is 14.6. The lowest BCUT2D eigenvalue weighted by Crippen LogP contribution is -2.28. The molecule has 2 aromatic rings. The van der Waals surface area contributed by atoms with E-state index in [0.717, 1.165) is 10.1 Å². The van der Waals surface area contributed by atoms with E-state index in [1.807, 2.05) is 24.3 Å². The summed E-state index contributed by atoms with van der Waals surface area (Å²) in [5.74, 6) is -0.972. The zero-order valence-electron chi connectivity index (χ0n) is 10.5. The van der Waals surface area contributed by atoms with E-state index in [2.05, 4.69) is 11.9 Å². The summed E-state index contributed by atoms with van der Waals surface area (Å²) in [7, 11) is 0. The number of fused-ring (bicyclic) bond motifs is 1. The lowest BCUT2D eigenvalue weighted by molar-refractivity contribution is -0.124. The van der Waals surface area contributed by atoms with Crippen LogP contribution in [0.15, 0.2) is 36.9 Å². The molecule has 0 atom stereocenters. The maximum absolute atomic E-state index is 11.9. The van der Waals surface area contributed by atoms with Crippen molar-refractivity contribution in [3.05, 3.63) is 46.8 Å². The van der Waals surface area contributed by atoms with Gasteiger partial charge in [0.05, 0.1) is 5.02 Å². The Balaban J connectivity index is 2.06. The fourth-order valence-corrected chi connectivity index (χ4v) is 2.98. The van der Waals surface area contributed by atoms with Crippen molar-refractivity contribution in [2.45, 2.75) is 0 Å². The van der Waals surface area contributed by atoms with Crippen LogP contribution in [0.25, 0.3) is 10.1 Å². The quantitative estimate of drug-likeness (QED) is 0.682. The predicted octanol–water partition coefficient (Wildman–Crippen LogP) is 3.01. The molecule has 0 saturated carbocycles. The SMILES string of the molecule is C=CCNC(=O)COC(=O)c1sc2ccccc2c1Cl. The Kier molecular flexibility index (Phi) is 4.76. The average molecular weight is 310 g/mol. The van der Waals surface area contributed by atoms with Gasteiger partial charge in [-0.3, -0.25) is 4.79 Å². The van der Waals surface area contributed by atoms with Crippen LogP contribution in [-0.4, -0.2) is 25.0 Å². The Morgan fingerprint density at radius 1 is 1.40 bits per heavy atom. The molecule has 1 aromatic heterocycles. The van der Waals surface area contributed by atoms with Gasteiger partial charge in [-0.05, 0) is 6.07 Å². The molecule has 0 unspecified atom stereocenters. The number of hydrogen-bond donors (Lipinski definition) is 1. The Labute approximate surface area is 125 Å². The van der Waals surface area contributed by atoms with Crippen LogP contribution in [0.2, 0.25) is 5.02 Å². The number of nitrogens with one attached hydrogen (secondary N) is 1. The molecule has 20 heavy (non-hydrogen) atoms. The van der Waals surface area contributed by atoms with E-state index in [1.165, 1.54) is 11.3 Å². The van der Waals surface area contributed by atoms with Crippen LogP contribution in [-0.2, 0) is 9.53 Å². The molecule has 0 bridgehead atoms. The lowest BCUT2D eigenvalue weighted by atomic mass is 10.2. The summed E-state index contributed by atoms with van der Waals surface area (Å²) in [6.45, 7) is 3.47. The maximum atomic E-state index is 11.9. The minimum atomic E-state index is -0.593. The predicted molar refractivity (Wildman–Crippen MR) is 80.3 cm³/mol. The third-order valence-electron chi connectivity index (χ3n) is 2.50. The molecule has 2 rings (SSSR count).